The van der Waals surface area contributed by atoms with Gasteiger partial charge in [0.05, 0.1) is 42.9 Å². The van der Waals surface area contributed by atoms with Crippen molar-refractivity contribution in [2.24, 2.45) is 10.2 Å². The van der Waals surface area contributed by atoms with E-state index >= 15 is 0 Å². The number of phenols is 1. The van der Waals surface area contributed by atoms with Crippen molar-refractivity contribution in [3.63, 3.8) is 0 Å². The molecule has 1 fully saturated rings. The van der Waals surface area contributed by atoms with Gasteiger partial charge in [-0.3, -0.25) is 52.7 Å². The Morgan fingerprint density at radius 1 is 0.649 bits per heavy atom. The lowest BCUT2D eigenvalue weighted by Gasteiger charge is -2.33. The Morgan fingerprint density at radius 2 is 1.12 bits per heavy atom. The highest BCUT2D eigenvalue weighted by Crippen LogP contribution is 2.44. The number of carbonyl (C=O) groups is 5. The second kappa shape index (κ2) is 26.0. The summed E-state index contributed by atoms with van der Waals surface area (Å²) >= 11 is 0. The molecule has 27 heteroatoms. The van der Waals surface area contributed by atoms with Crippen LogP contribution in [-0.2, 0) is 44.2 Å². The number of aryl methyl sites for hydroxylation is 2. The highest BCUT2D eigenvalue weighted by molar-refractivity contribution is 7.87. The molecule has 0 aliphatic carbocycles. The summed E-state index contributed by atoms with van der Waals surface area (Å²) < 4.78 is 67.7. The second-order valence-corrected chi connectivity index (χ2v) is 20.6. The molecule has 0 saturated carbocycles. The fraction of sp³-hybridized carbons (Fsp3) is 0.426. The second-order valence-electron chi connectivity index (χ2n) is 17.8. The molecule has 11 N–H and O–H groups in total. The molecule has 402 valence electrons. The van der Waals surface area contributed by atoms with Crippen molar-refractivity contribution in [2.45, 2.75) is 48.9 Å². The van der Waals surface area contributed by atoms with Gasteiger partial charge in [0.2, 0.25) is 11.8 Å². The van der Waals surface area contributed by atoms with E-state index in [0.717, 1.165) is 23.6 Å². The number of fused-ring (bicyclic) bond motifs is 1. The molecule has 1 heterocycles. The van der Waals surface area contributed by atoms with Crippen molar-refractivity contribution < 1.29 is 70.3 Å². The van der Waals surface area contributed by atoms with Gasteiger partial charge in [-0.2, -0.15) is 21.9 Å². The van der Waals surface area contributed by atoms with Gasteiger partial charge in [0.1, 0.15) is 21.5 Å². The number of unbranched alkanes of at least 4 members (excludes halogenated alkanes) is 1. The minimum absolute atomic E-state index is 0.178. The lowest BCUT2D eigenvalue weighted by molar-refractivity contribution is -0.140. The zero-order valence-corrected chi connectivity index (χ0v) is 42.7. The highest BCUT2D eigenvalue weighted by atomic mass is 32.2. The van der Waals surface area contributed by atoms with Crippen LogP contribution in [0.3, 0.4) is 0 Å². The molecule has 1 aliphatic rings. The third kappa shape index (κ3) is 16.7. The molecule has 25 nitrogen and oxygen atoms in total. The van der Waals surface area contributed by atoms with Crippen LogP contribution >= 0.6 is 0 Å². The van der Waals surface area contributed by atoms with Crippen LogP contribution in [0.25, 0.3) is 21.9 Å². The molecular weight excluding hydrogens is 1010 g/mol. The van der Waals surface area contributed by atoms with Gasteiger partial charge in [-0.05, 0) is 105 Å². The molecule has 74 heavy (non-hydrogen) atoms. The Balaban J connectivity index is 1.31. The Kier molecular flexibility index (Phi) is 20.4. The number of anilines is 2. The number of azo groups is 1. The molecule has 1 atom stereocenters. The van der Waals surface area contributed by atoms with E-state index in [1.54, 1.807) is 64.8 Å². The maximum Gasteiger partial charge on any atom is 0.317 e. The van der Waals surface area contributed by atoms with Gasteiger partial charge < -0.3 is 42.1 Å². The maximum absolute atomic E-state index is 14.0. The van der Waals surface area contributed by atoms with Crippen molar-refractivity contribution in [1.29, 1.82) is 0 Å². The Hall–Kier alpha value is -6.69. The number of amides is 2. The van der Waals surface area contributed by atoms with Crippen molar-refractivity contribution in [2.75, 3.05) is 103 Å². The van der Waals surface area contributed by atoms with Gasteiger partial charge in [0.25, 0.3) is 20.2 Å². The first-order chi connectivity index (χ1) is 34.8. The summed E-state index contributed by atoms with van der Waals surface area (Å²) in [5, 5.41) is 56.1. The summed E-state index contributed by atoms with van der Waals surface area (Å²) in [6, 6.07) is 12.4. The molecule has 4 aromatic carbocycles. The summed E-state index contributed by atoms with van der Waals surface area (Å²) in [6.07, 6.45) is 1.63. The molecule has 0 radical (unpaired) electrons. The minimum Gasteiger partial charge on any atom is -0.505 e. The van der Waals surface area contributed by atoms with Gasteiger partial charge in [0.15, 0.2) is 5.75 Å². The predicted octanol–water partition coefficient (Wildman–Crippen LogP) is 2.61. The zero-order valence-electron chi connectivity index (χ0n) is 41.0. The average molecular weight is 1070 g/mol. The normalized spacial score (nSPS) is 15.6. The van der Waals surface area contributed by atoms with Gasteiger partial charge in [-0.1, -0.05) is 18.2 Å². The summed E-state index contributed by atoms with van der Waals surface area (Å²) in [5.74, 6) is -4.92. The van der Waals surface area contributed by atoms with E-state index in [1.165, 1.54) is 6.07 Å². The molecule has 0 aromatic heterocycles. The quantitative estimate of drug-likeness (QED) is 0.0248. The van der Waals surface area contributed by atoms with E-state index in [1.807, 2.05) is 12.1 Å². The van der Waals surface area contributed by atoms with Crippen LogP contribution in [0.15, 0.2) is 74.6 Å². The van der Waals surface area contributed by atoms with Crippen LogP contribution < -0.4 is 21.7 Å². The van der Waals surface area contributed by atoms with Crippen LogP contribution in [-0.4, -0.2) is 194 Å². The standard InChI is InChI=1S/C47H62N10O15S2/c1-29-22-31(32-8-11-35(30(2)23-32)52-53-36-12-9-33-38(73(67,68)69)24-39(74(70,71)72)45(48)44(33)46(36)65)7-10-34(29)51-47(66)37(6-4-5-13-49-3)50-40(58)25-54-14-16-55(26-41(59)60)18-20-57(28-43(63)64)21-19-56(17-15-54)27-42(61)62/h7-12,22-24,37,49,65H,4-6,13-21,25-28,48H2,1-3H3,(H,50,58)(H,51,66)(H,59,60)(H,61,62)(H,63,64)(H,67,68,69)(H,70,71,72). The average Bonchev–Trinajstić information content (AvgIpc) is 3.30. The van der Waals surface area contributed by atoms with E-state index < -0.39 is 82.6 Å². The fourth-order valence-electron chi connectivity index (χ4n) is 8.37. The molecule has 1 unspecified atom stereocenters. The van der Waals surface area contributed by atoms with Crippen molar-refractivity contribution >= 4 is 83.5 Å². The maximum atomic E-state index is 14.0. The minimum atomic E-state index is -5.10. The van der Waals surface area contributed by atoms with Crippen LogP contribution in [0.2, 0.25) is 0 Å². The first kappa shape index (κ1) is 58.2. The van der Waals surface area contributed by atoms with Crippen LogP contribution in [0, 0.1) is 13.8 Å². The Bertz CT molecular complexity index is 2960. The monoisotopic (exact) mass is 1070 g/mol. The van der Waals surface area contributed by atoms with Crippen molar-refractivity contribution in [1.82, 2.24) is 30.2 Å². The predicted molar refractivity (Wildman–Crippen MR) is 272 cm³/mol. The molecule has 0 bridgehead atoms. The number of hydrogen-bond acceptors (Lipinski definition) is 18. The molecule has 0 spiro atoms. The van der Waals surface area contributed by atoms with Crippen LogP contribution in [0.1, 0.15) is 30.4 Å². The number of nitrogens with zero attached hydrogens (tertiary/aromatic N) is 6. The summed E-state index contributed by atoms with van der Waals surface area (Å²) in [7, 11) is -8.35. The topological polar surface area (TPSA) is 375 Å². The van der Waals surface area contributed by atoms with E-state index in [9.17, 15) is 70.3 Å². The Morgan fingerprint density at radius 3 is 1.59 bits per heavy atom. The number of nitrogens with two attached hydrogens (primary N) is 1. The number of nitrogen functional groups attached to an aromatic ring is 1. The number of rotatable bonds is 21. The highest BCUT2D eigenvalue weighted by Gasteiger charge is 2.28. The number of nitrogens with one attached hydrogen (secondary N) is 3. The van der Waals surface area contributed by atoms with E-state index in [4.69, 9.17) is 5.73 Å². The third-order valence-electron chi connectivity index (χ3n) is 12.2. The fourth-order valence-corrected chi connectivity index (χ4v) is 9.80. The third-order valence-corrected chi connectivity index (χ3v) is 14.0. The first-order valence-electron chi connectivity index (χ1n) is 23.3. The number of aromatic hydroxyl groups is 1. The largest absolute Gasteiger partial charge is 0.505 e. The molecule has 1 aliphatic heterocycles. The van der Waals surface area contributed by atoms with Crippen LogP contribution in [0.4, 0.5) is 22.7 Å². The smallest absolute Gasteiger partial charge is 0.317 e. The number of hydrogen-bond donors (Lipinski definition) is 10. The Labute approximate surface area is 427 Å². The van der Waals surface area contributed by atoms with E-state index in [-0.39, 0.29) is 89.6 Å². The number of aliphatic carboxylic acids is 3. The zero-order chi connectivity index (χ0) is 54.5. The molecule has 2 amide bonds. The molecule has 1 saturated heterocycles. The van der Waals surface area contributed by atoms with Crippen molar-refractivity contribution in [3.05, 3.63) is 65.7 Å². The summed E-state index contributed by atoms with van der Waals surface area (Å²) in [5.41, 5.74) is 8.71. The molecule has 5 rings (SSSR count). The van der Waals surface area contributed by atoms with Gasteiger partial charge in [-0.15, -0.1) is 5.11 Å². The number of benzene rings is 4. The van der Waals surface area contributed by atoms with Gasteiger partial charge in [-0.25, -0.2) is 0 Å². The molecular formula is C47H62N10O15S2. The summed E-state index contributed by atoms with van der Waals surface area (Å²) in [6.45, 7) is 4.86. The lowest BCUT2D eigenvalue weighted by Crippen LogP contribution is -2.51. The first-order valence-corrected chi connectivity index (χ1v) is 26.2. The van der Waals surface area contributed by atoms with Gasteiger partial charge >= 0.3 is 17.9 Å². The van der Waals surface area contributed by atoms with E-state index in [0.29, 0.717) is 48.0 Å². The van der Waals surface area contributed by atoms with Gasteiger partial charge in [0, 0.05) is 63.4 Å². The lowest BCUT2D eigenvalue weighted by atomic mass is 10.00. The molecule has 4 aromatic rings. The number of phenolic OH excluding ortho intramolecular Hbond substituents is 1. The number of carboxylic acid groups (broad SMARTS) is 3. The SMILES string of the molecule is CNCCCCC(NC(=O)CN1CCN(CC(=O)O)CCN(CC(=O)O)CCN(CC(=O)O)CC1)C(=O)Nc1ccc(-c2ccc(N=Nc3ccc4c(S(=O)(=O)O)cc(S(=O)(=O)O)c(N)c4c3O)c(C)c2)cc1C. The van der Waals surface area contributed by atoms with Crippen molar-refractivity contribution in [3.8, 4) is 16.9 Å². The number of carboxylic acids is 3. The van der Waals surface area contributed by atoms with Crippen LogP contribution in [0.5, 0.6) is 5.75 Å². The van der Waals surface area contributed by atoms with E-state index in [2.05, 4.69) is 26.2 Å². The number of carbonyl (C=O) groups excluding carboxylic acids is 2. The summed E-state index contributed by atoms with van der Waals surface area (Å²) in [4.78, 5) is 67.5.